The molecule has 40 heavy (non-hydrogen) atoms. The van der Waals surface area contributed by atoms with Gasteiger partial charge in [-0.05, 0) is 55.2 Å². The predicted molar refractivity (Wildman–Crippen MR) is 152 cm³/mol. The van der Waals surface area contributed by atoms with Crippen molar-refractivity contribution in [2.45, 2.75) is 43.2 Å². The summed E-state index contributed by atoms with van der Waals surface area (Å²) in [4.78, 5) is 42.7. The zero-order chi connectivity index (χ0) is 28.3. The van der Waals surface area contributed by atoms with Gasteiger partial charge in [-0.3, -0.25) is 14.4 Å². The van der Waals surface area contributed by atoms with E-state index in [1.807, 2.05) is 31.2 Å². The SMILES string of the molecule is CC(CCNC(=O)c1ccc(N2CCNCC2)cc1)CC(=O)N1CCC2C1C(=O)CN2S(=O)(=O)c1ccccc1. The van der Waals surface area contributed by atoms with E-state index in [4.69, 9.17) is 0 Å². The molecule has 3 aliphatic heterocycles. The van der Waals surface area contributed by atoms with Crippen LogP contribution in [0.15, 0.2) is 59.5 Å². The topological polar surface area (TPSA) is 119 Å². The minimum Gasteiger partial charge on any atom is -0.369 e. The molecule has 0 radical (unpaired) electrons. The first-order chi connectivity index (χ1) is 19.3. The quantitative estimate of drug-likeness (QED) is 0.471. The van der Waals surface area contributed by atoms with Gasteiger partial charge in [0.15, 0.2) is 5.78 Å². The van der Waals surface area contributed by atoms with Crippen molar-refractivity contribution >= 4 is 33.3 Å². The maximum atomic E-state index is 13.2. The first kappa shape index (κ1) is 28.3. The Morgan fingerprint density at radius 2 is 1.73 bits per heavy atom. The van der Waals surface area contributed by atoms with Gasteiger partial charge in [0.2, 0.25) is 15.9 Å². The lowest BCUT2D eigenvalue weighted by atomic mass is 10.0. The van der Waals surface area contributed by atoms with Crippen molar-refractivity contribution in [3.05, 3.63) is 60.2 Å². The van der Waals surface area contributed by atoms with E-state index in [0.29, 0.717) is 31.5 Å². The predicted octanol–water partition coefficient (Wildman–Crippen LogP) is 1.49. The third-order valence-corrected chi connectivity index (χ3v) is 9.99. The second kappa shape index (κ2) is 12.1. The highest BCUT2D eigenvalue weighted by Crippen LogP contribution is 2.34. The van der Waals surface area contributed by atoms with E-state index < -0.39 is 22.1 Å². The zero-order valence-electron chi connectivity index (χ0n) is 22.8. The van der Waals surface area contributed by atoms with Gasteiger partial charge in [-0.1, -0.05) is 25.1 Å². The number of benzene rings is 2. The summed E-state index contributed by atoms with van der Waals surface area (Å²) < 4.78 is 27.6. The summed E-state index contributed by atoms with van der Waals surface area (Å²) in [5.41, 5.74) is 1.70. The molecule has 3 heterocycles. The molecule has 0 aromatic heterocycles. The molecule has 214 valence electrons. The molecule has 3 aliphatic rings. The summed E-state index contributed by atoms with van der Waals surface area (Å²) in [6.45, 7) is 6.31. The van der Waals surface area contributed by atoms with E-state index in [1.165, 1.54) is 16.4 Å². The molecule has 0 spiro atoms. The number of carbonyl (C=O) groups excluding carboxylic acids is 3. The molecule has 2 N–H and O–H groups in total. The summed E-state index contributed by atoms with van der Waals surface area (Å²) in [6.07, 6.45) is 1.28. The molecule has 3 fully saturated rings. The smallest absolute Gasteiger partial charge is 0.251 e. The van der Waals surface area contributed by atoms with Crippen LogP contribution in [0.5, 0.6) is 0 Å². The van der Waals surface area contributed by atoms with Gasteiger partial charge in [-0.15, -0.1) is 0 Å². The van der Waals surface area contributed by atoms with Crippen LogP contribution in [0, 0.1) is 5.92 Å². The Hall–Kier alpha value is -3.28. The van der Waals surface area contributed by atoms with Gasteiger partial charge in [0, 0.05) is 56.9 Å². The first-order valence-electron chi connectivity index (χ1n) is 14.0. The Labute approximate surface area is 235 Å². The summed E-state index contributed by atoms with van der Waals surface area (Å²) in [7, 11) is -3.82. The standard InChI is InChI=1S/C29H37N5O5S/c1-21(11-13-31-29(37)22-7-9-23(10-8-22)32-17-14-30-15-18-32)19-27(36)33-16-12-25-28(33)26(35)20-34(25)40(38,39)24-5-3-2-4-6-24/h2-10,21,25,28,30H,11-20H2,1H3,(H,31,37). The van der Waals surface area contributed by atoms with E-state index in [0.717, 1.165) is 31.9 Å². The average Bonchev–Trinajstić information content (AvgIpc) is 3.55. The van der Waals surface area contributed by atoms with Crippen LogP contribution in [0.25, 0.3) is 0 Å². The second-order valence-electron chi connectivity index (χ2n) is 10.9. The van der Waals surface area contributed by atoms with Crippen LogP contribution in [0.3, 0.4) is 0 Å². The lowest BCUT2D eigenvalue weighted by molar-refractivity contribution is -0.137. The monoisotopic (exact) mass is 567 g/mol. The van der Waals surface area contributed by atoms with E-state index >= 15 is 0 Å². The van der Waals surface area contributed by atoms with Crippen LogP contribution >= 0.6 is 0 Å². The van der Waals surface area contributed by atoms with Crippen LogP contribution < -0.4 is 15.5 Å². The number of piperazine rings is 1. The molecule has 2 aromatic rings. The van der Waals surface area contributed by atoms with Crippen molar-refractivity contribution in [2.75, 3.05) is 50.7 Å². The Kier molecular flexibility index (Phi) is 8.53. The van der Waals surface area contributed by atoms with Crippen LogP contribution in [0.4, 0.5) is 5.69 Å². The van der Waals surface area contributed by atoms with Gasteiger partial charge >= 0.3 is 0 Å². The molecule has 3 atom stereocenters. The lowest BCUT2D eigenvalue weighted by Gasteiger charge is -2.29. The minimum absolute atomic E-state index is 0.0115. The molecule has 3 unspecified atom stereocenters. The van der Waals surface area contributed by atoms with Crippen LogP contribution in [0.2, 0.25) is 0 Å². The molecule has 3 saturated heterocycles. The number of Topliss-reactive ketones (excluding diaryl/α,β-unsaturated/α-hetero) is 1. The molecule has 10 nitrogen and oxygen atoms in total. The number of hydrogen-bond donors (Lipinski definition) is 2. The Balaban J connectivity index is 1.10. The van der Waals surface area contributed by atoms with Crippen molar-refractivity contribution in [1.82, 2.24) is 19.8 Å². The highest BCUT2D eigenvalue weighted by atomic mass is 32.2. The zero-order valence-corrected chi connectivity index (χ0v) is 23.6. The maximum absolute atomic E-state index is 13.2. The highest BCUT2D eigenvalue weighted by molar-refractivity contribution is 7.89. The number of ketones is 1. The molecule has 5 rings (SSSR count). The van der Waals surface area contributed by atoms with E-state index in [1.54, 1.807) is 23.1 Å². The largest absolute Gasteiger partial charge is 0.369 e. The number of fused-ring (bicyclic) bond motifs is 1. The summed E-state index contributed by atoms with van der Waals surface area (Å²) in [5, 5.41) is 6.27. The summed E-state index contributed by atoms with van der Waals surface area (Å²) in [6, 6.07) is 14.4. The fraction of sp³-hybridized carbons (Fsp3) is 0.483. The summed E-state index contributed by atoms with van der Waals surface area (Å²) in [5.74, 6) is -0.549. The van der Waals surface area contributed by atoms with Crippen molar-refractivity contribution < 1.29 is 22.8 Å². The van der Waals surface area contributed by atoms with E-state index in [9.17, 15) is 22.8 Å². The van der Waals surface area contributed by atoms with Crippen molar-refractivity contribution in [1.29, 1.82) is 0 Å². The van der Waals surface area contributed by atoms with Gasteiger partial charge in [-0.25, -0.2) is 8.42 Å². The molecule has 0 saturated carbocycles. The van der Waals surface area contributed by atoms with Gasteiger partial charge in [-0.2, -0.15) is 4.31 Å². The van der Waals surface area contributed by atoms with E-state index in [2.05, 4.69) is 15.5 Å². The Morgan fingerprint density at radius 3 is 2.42 bits per heavy atom. The normalized spacial score (nSPS) is 22.3. The lowest BCUT2D eigenvalue weighted by Crippen LogP contribution is -2.44. The number of nitrogens with zero attached hydrogens (tertiary/aromatic N) is 3. The van der Waals surface area contributed by atoms with Gasteiger partial charge in [0.25, 0.3) is 5.91 Å². The Morgan fingerprint density at radius 1 is 1.02 bits per heavy atom. The number of amides is 2. The molecule has 0 bridgehead atoms. The van der Waals surface area contributed by atoms with Crippen LogP contribution in [-0.2, 0) is 19.6 Å². The number of likely N-dealkylation sites (tertiary alicyclic amines) is 1. The van der Waals surface area contributed by atoms with Gasteiger partial charge in [0.1, 0.15) is 6.04 Å². The fourth-order valence-electron chi connectivity index (χ4n) is 5.90. The number of hydrogen-bond acceptors (Lipinski definition) is 7. The van der Waals surface area contributed by atoms with E-state index in [-0.39, 0.29) is 41.4 Å². The van der Waals surface area contributed by atoms with Crippen LogP contribution in [0.1, 0.15) is 36.5 Å². The molecule has 2 aromatic carbocycles. The molecule has 11 heteroatoms. The number of rotatable bonds is 9. The molecule has 0 aliphatic carbocycles. The molecular formula is C29H37N5O5S. The van der Waals surface area contributed by atoms with Gasteiger partial charge in [0.05, 0.1) is 17.5 Å². The summed E-state index contributed by atoms with van der Waals surface area (Å²) >= 11 is 0. The molecular weight excluding hydrogens is 530 g/mol. The van der Waals surface area contributed by atoms with Crippen molar-refractivity contribution in [2.24, 2.45) is 5.92 Å². The third-order valence-electron chi connectivity index (χ3n) is 8.11. The average molecular weight is 568 g/mol. The number of sulfonamides is 1. The Bertz CT molecular complexity index is 1330. The number of anilines is 1. The third kappa shape index (κ3) is 5.91. The number of carbonyl (C=O) groups is 3. The second-order valence-corrected chi connectivity index (χ2v) is 12.7. The number of nitrogens with one attached hydrogen (secondary N) is 2. The van der Waals surface area contributed by atoms with Gasteiger partial charge < -0.3 is 20.4 Å². The fourth-order valence-corrected chi connectivity index (χ4v) is 7.55. The van der Waals surface area contributed by atoms with Crippen molar-refractivity contribution in [3.8, 4) is 0 Å². The highest BCUT2D eigenvalue weighted by Gasteiger charge is 2.53. The maximum Gasteiger partial charge on any atom is 0.251 e. The van der Waals surface area contributed by atoms with Crippen molar-refractivity contribution in [3.63, 3.8) is 0 Å². The van der Waals surface area contributed by atoms with Crippen LogP contribution in [-0.4, -0.2) is 93.1 Å². The molecule has 2 amide bonds. The first-order valence-corrected chi connectivity index (χ1v) is 15.4. The minimum atomic E-state index is -3.82.